The lowest BCUT2D eigenvalue weighted by Crippen LogP contribution is -1.92. The number of methoxy groups -OCH3 is 1. The van der Waals surface area contributed by atoms with Gasteiger partial charge in [0.05, 0.1) is 18.8 Å². The third kappa shape index (κ3) is 2.72. The van der Waals surface area contributed by atoms with Gasteiger partial charge in [-0.3, -0.25) is 0 Å². The fraction of sp³-hybridized carbons (Fsp3) is 0.118. The van der Waals surface area contributed by atoms with Gasteiger partial charge in [-0.2, -0.15) is 5.26 Å². The number of nitriles is 1. The van der Waals surface area contributed by atoms with Gasteiger partial charge in [-0.15, -0.1) is 0 Å². The Morgan fingerprint density at radius 1 is 1.23 bits per heavy atom. The van der Waals surface area contributed by atoms with Crippen molar-refractivity contribution in [2.24, 2.45) is 0 Å². The molecule has 0 saturated carbocycles. The summed E-state index contributed by atoms with van der Waals surface area (Å²) in [5.41, 5.74) is 2.04. The summed E-state index contributed by atoms with van der Waals surface area (Å²) < 4.78 is 16.1. The molecule has 0 atom stereocenters. The molecule has 1 heterocycles. The topological polar surface area (TPSA) is 51.5 Å². The number of fused-ring (bicyclic) bond motifs is 1. The van der Waals surface area contributed by atoms with Crippen LogP contribution in [0.4, 0.5) is 0 Å². The Morgan fingerprint density at radius 2 is 1.91 bits per heavy atom. The summed E-state index contributed by atoms with van der Waals surface area (Å²) in [5.74, 6) is 1.89. The molecule has 0 spiro atoms. The smallest absolute Gasteiger partial charge is 0.231 e. The first-order valence-electron chi connectivity index (χ1n) is 6.56. The van der Waals surface area contributed by atoms with Crippen LogP contribution in [0.5, 0.6) is 17.2 Å². The molecule has 5 heteroatoms. The molecule has 0 fully saturated rings. The van der Waals surface area contributed by atoms with E-state index in [0.29, 0.717) is 27.8 Å². The molecule has 0 unspecified atom stereocenters. The highest BCUT2D eigenvalue weighted by molar-refractivity contribution is 6.30. The summed E-state index contributed by atoms with van der Waals surface area (Å²) in [6, 6.07) is 12.9. The van der Waals surface area contributed by atoms with Gasteiger partial charge in [0, 0.05) is 16.7 Å². The van der Waals surface area contributed by atoms with Crippen molar-refractivity contribution in [1.82, 2.24) is 0 Å². The number of nitrogens with zero attached hydrogens (tertiary/aromatic N) is 1. The van der Waals surface area contributed by atoms with Crippen LogP contribution in [0.1, 0.15) is 11.1 Å². The van der Waals surface area contributed by atoms with Gasteiger partial charge < -0.3 is 14.2 Å². The maximum Gasteiger partial charge on any atom is 0.231 e. The van der Waals surface area contributed by atoms with E-state index in [1.165, 1.54) is 0 Å². The maximum absolute atomic E-state index is 9.42. The molecule has 0 amide bonds. The van der Waals surface area contributed by atoms with Crippen LogP contribution < -0.4 is 14.2 Å². The Bertz CT molecular complexity index is 776. The number of hydrogen-bond acceptors (Lipinski definition) is 4. The molecular weight excluding hydrogens is 302 g/mol. The van der Waals surface area contributed by atoms with Crippen molar-refractivity contribution in [2.45, 2.75) is 0 Å². The first-order valence-corrected chi connectivity index (χ1v) is 6.94. The predicted molar refractivity (Wildman–Crippen MR) is 84.1 cm³/mol. The van der Waals surface area contributed by atoms with E-state index in [2.05, 4.69) is 6.07 Å². The van der Waals surface area contributed by atoms with E-state index in [9.17, 15) is 5.26 Å². The van der Waals surface area contributed by atoms with E-state index < -0.39 is 0 Å². The van der Waals surface area contributed by atoms with Crippen LogP contribution in [0.3, 0.4) is 0 Å². The summed E-state index contributed by atoms with van der Waals surface area (Å²) in [4.78, 5) is 0. The van der Waals surface area contributed by atoms with Crippen molar-refractivity contribution in [3.63, 3.8) is 0 Å². The number of benzene rings is 2. The lowest BCUT2D eigenvalue weighted by Gasteiger charge is -2.07. The largest absolute Gasteiger partial charge is 0.496 e. The van der Waals surface area contributed by atoms with Gasteiger partial charge in [-0.25, -0.2) is 0 Å². The first-order chi connectivity index (χ1) is 10.7. The highest BCUT2D eigenvalue weighted by atomic mass is 35.5. The molecule has 22 heavy (non-hydrogen) atoms. The standard InChI is InChI=1S/C17H12ClNO3/c1-20-15-8-17-16(21-10-22-17)7-12(15)6-13(9-19)11-2-4-14(18)5-3-11/h2-8H,10H2,1H3/b13-6-. The number of allylic oxidation sites excluding steroid dienone is 1. The minimum atomic E-state index is 0.188. The Morgan fingerprint density at radius 3 is 2.55 bits per heavy atom. The van der Waals surface area contributed by atoms with Crippen molar-refractivity contribution in [3.8, 4) is 23.3 Å². The third-order valence-corrected chi connectivity index (χ3v) is 3.55. The summed E-state index contributed by atoms with van der Waals surface area (Å²) in [6.45, 7) is 0.188. The van der Waals surface area contributed by atoms with Gasteiger partial charge >= 0.3 is 0 Å². The van der Waals surface area contributed by atoms with Crippen LogP contribution in [-0.2, 0) is 0 Å². The first kappa shape index (κ1) is 14.3. The van der Waals surface area contributed by atoms with Crippen LogP contribution in [0.2, 0.25) is 5.02 Å². The maximum atomic E-state index is 9.42. The van der Waals surface area contributed by atoms with Crippen LogP contribution in [-0.4, -0.2) is 13.9 Å². The highest BCUT2D eigenvalue weighted by Gasteiger charge is 2.17. The Labute approximate surface area is 133 Å². The quantitative estimate of drug-likeness (QED) is 0.631. The van der Waals surface area contributed by atoms with E-state index in [1.54, 1.807) is 49.6 Å². The van der Waals surface area contributed by atoms with E-state index in [4.69, 9.17) is 25.8 Å². The second kappa shape index (κ2) is 6.00. The van der Waals surface area contributed by atoms with E-state index in [1.807, 2.05) is 0 Å². The fourth-order valence-corrected chi connectivity index (χ4v) is 2.32. The molecule has 110 valence electrons. The zero-order chi connectivity index (χ0) is 15.5. The molecule has 2 aromatic rings. The van der Waals surface area contributed by atoms with Gasteiger partial charge in [0.1, 0.15) is 5.75 Å². The molecule has 1 aliphatic rings. The second-order valence-electron chi connectivity index (χ2n) is 4.62. The number of ether oxygens (including phenoxy) is 3. The summed E-state index contributed by atoms with van der Waals surface area (Å²) >= 11 is 5.88. The van der Waals surface area contributed by atoms with Crippen molar-refractivity contribution in [1.29, 1.82) is 5.26 Å². The Kier molecular flexibility index (Phi) is 3.90. The molecule has 3 rings (SSSR count). The molecule has 1 aliphatic heterocycles. The monoisotopic (exact) mass is 313 g/mol. The highest BCUT2D eigenvalue weighted by Crippen LogP contribution is 2.39. The summed E-state index contributed by atoms with van der Waals surface area (Å²) in [6.07, 6.45) is 1.75. The van der Waals surface area contributed by atoms with Crippen molar-refractivity contribution in [2.75, 3.05) is 13.9 Å². The Balaban J connectivity index is 2.06. The number of halogens is 1. The molecule has 0 radical (unpaired) electrons. The van der Waals surface area contributed by atoms with Crippen LogP contribution in [0.15, 0.2) is 36.4 Å². The number of rotatable bonds is 3. The SMILES string of the molecule is COc1cc2c(cc1/C=C(/C#N)c1ccc(Cl)cc1)OCO2. The molecule has 0 bridgehead atoms. The van der Waals surface area contributed by atoms with Gasteiger partial charge in [0.2, 0.25) is 6.79 Å². The molecule has 2 aromatic carbocycles. The van der Waals surface area contributed by atoms with Gasteiger partial charge in [0.15, 0.2) is 11.5 Å². The predicted octanol–water partition coefficient (Wildman–Crippen LogP) is 4.14. The summed E-state index contributed by atoms with van der Waals surface area (Å²) in [5, 5.41) is 10.0. The summed E-state index contributed by atoms with van der Waals surface area (Å²) in [7, 11) is 1.57. The van der Waals surface area contributed by atoms with E-state index in [0.717, 1.165) is 11.1 Å². The number of hydrogen-bond donors (Lipinski definition) is 0. The van der Waals surface area contributed by atoms with E-state index in [-0.39, 0.29) is 6.79 Å². The zero-order valence-electron chi connectivity index (χ0n) is 11.8. The third-order valence-electron chi connectivity index (χ3n) is 3.30. The molecule has 0 aliphatic carbocycles. The zero-order valence-corrected chi connectivity index (χ0v) is 12.6. The van der Waals surface area contributed by atoms with Crippen LogP contribution >= 0.6 is 11.6 Å². The van der Waals surface area contributed by atoms with Gasteiger partial charge in [0.25, 0.3) is 0 Å². The minimum Gasteiger partial charge on any atom is -0.496 e. The van der Waals surface area contributed by atoms with Gasteiger partial charge in [-0.1, -0.05) is 23.7 Å². The average molecular weight is 314 g/mol. The molecule has 0 aromatic heterocycles. The fourth-order valence-electron chi connectivity index (χ4n) is 2.19. The minimum absolute atomic E-state index is 0.188. The van der Waals surface area contributed by atoms with Crippen LogP contribution in [0, 0.1) is 11.3 Å². The van der Waals surface area contributed by atoms with E-state index >= 15 is 0 Å². The Hall–Kier alpha value is -2.64. The lowest BCUT2D eigenvalue weighted by molar-refractivity contribution is 0.174. The molecule has 4 nitrogen and oxygen atoms in total. The molecule has 0 N–H and O–H groups in total. The normalized spacial score (nSPS) is 12.9. The van der Waals surface area contributed by atoms with Crippen molar-refractivity contribution < 1.29 is 14.2 Å². The second-order valence-corrected chi connectivity index (χ2v) is 5.06. The average Bonchev–Trinajstić information content (AvgIpc) is 2.99. The van der Waals surface area contributed by atoms with Crippen molar-refractivity contribution >= 4 is 23.3 Å². The van der Waals surface area contributed by atoms with Crippen LogP contribution in [0.25, 0.3) is 11.6 Å². The molecular formula is C17H12ClNO3. The van der Waals surface area contributed by atoms with Gasteiger partial charge in [-0.05, 0) is 29.8 Å². The lowest BCUT2D eigenvalue weighted by atomic mass is 10.0. The van der Waals surface area contributed by atoms with Crippen molar-refractivity contribution in [3.05, 3.63) is 52.5 Å². The molecule has 0 saturated heterocycles.